The smallest absolute Gasteiger partial charge is 0.463 e. The van der Waals surface area contributed by atoms with Gasteiger partial charge in [-0.2, -0.15) is 0 Å². The molecule has 0 aromatic carbocycles. The molecule has 0 aromatic heterocycles. The van der Waals surface area contributed by atoms with Crippen LogP contribution in [-0.4, -0.2) is 48.5 Å². The molecule has 0 aliphatic heterocycles. The van der Waals surface area contributed by atoms with E-state index < -0.39 is 14.8 Å². The zero-order chi connectivity index (χ0) is 15.3. The van der Waals surface area contributed by atoms with Crippen molar-refractivity contribution in [2.45, 2.75) is 26.3 Å². The zero-order valence-corrected chi connectivity index (χ0v) is 13.4. The second kappa shape index (κ2) is 12.0. The Kier molecular flexibility index (Phi) is 12.9. The van der Waals surface area contributed by atoms with Crippen LogP contribution in [0.2, 0.25) is 6.04 Å². The molecule has 19 heavy (non-hydrogen) atoms. The summed E-state index contributed by atoms with van der Waals surface area (Å²) in [6.07, 6.45) is 1.77. The van der Waals surface area contributed by atoms with Crippen LogP contribution in [0.25, 0.3) is 0 Å². The Balaban J connectivity index is 0. The van der Waals surface area contributed by atoms with Crippen LogP contribution >= 0.6 is 0 Å². The standard InChI is InChI=1S/C9H18O5Si.C3H6O/c1-5-9(10)14-7-6-8-15(11-2,12-3)13-4;1-3(2)4/h5H,1,6-8H2,2-4H3;1-2H3. The number of hydrogen-bond acceptors (Lipinski definition) is 6. The number of Topliss-reactive ketones (excluding diaryl/α,β-unsaturated/α-hetero) is 1. The molecule has 112 valence electrons. The minimum absolute atomic E-state index is 0.167. The molecule has 0 radical (unpaired) electrons. The maximum Gasteiger partial charge on any atom is 0.500 e. The molecule has 0 aliphatic rings. The van der Waals surface area contributed by atoms with Gasteiger partial charge < -0.3 is 22.8 Å². The number of ketones is 1. The van der Waals surface area contributed by atoms with Gasteiger partial charge in [-0.05, 0) is 20.3 Å². The van der Waals surface area contributed by atoms with Crippen molar-refractivity contribution in [2.24, 2.45) is 0 Å². The molecule has 0 amide bonds. The van der Waals surface area contributed by atoms with Gasteiger partial charge in [-0.3, -0.25) is 0 Å². The Morgan fingerprint density at radius 1 is 1.11 bits per heavy atom. The van der Waals surface area contributed by atoms with Crippen LogP contribution < -0.4 is 0 Å². The monoisotopic (exact) mass is 292 g/mol. The third-order valence-corrected chi connectivity index (χ3v) is 4.80. The lowest BCUT2D eigenvalue weighted by Gasteiger charge is -2.23. The highest BCUT2D eigenvalue weighted by Crippen LogP contribution is 2.14. The molecule has 6 nitrogen and oxygen atoms in total. The predicted octanol–water partition coefficient (Wildman–Crippen LogP) is 1.58. The van der Waals surface area contributed by atoms with Gasteiger partial charge >= 0.3 is 14.8 Å². The first-order chi connectivity index (χ1) is 8.87. The fraction of sp³-hybridized carbons (Fsp3) is 0.667. The Morgan fingerprint density at radius 2 is 1.53 bits per heavy atom. The summed E-state index contributed by atoms with van der Waals surface area (Å²) in [7, 11) is 2.13. The van der Waals surface area contributed by atoms with Crippen molar-refractivity contribution in [2.75, 3.05) is 27.9 Å². The number of hydrogen-bond donors (Lipinski definition) is 0. The van der Waals surface area contributed by atoms with Crippen LogP contribution in [0, 0.1) is 0 Å². The van der Waals surface area contributed by atoms with Crippen LogP contribution in [0.4, 0.5) is 0 Å². The van der Waals surface area contributed by atoms with E-state index >= 15 is 0 Å². The molecule has 7 heteroatoms. The lowest BCUT2D eigenvalue weighted by molar-refractivity contribution is -0.137. The lowest BCUT2D eigenvalue weighted by atomic mass is 10.5. The van der Waals surface area contributed by atoms with Crippen molar-refractivity contribution in [3.05, 3.63) is 12.7 Å². The van der Waals surface area contributed by atoms with Crippen LogP contribution in [0.3, 0.4) is 0 Å². The van der Waals surface area contributed by atoms with E-state index in [1.165, 1.54) is 13.8 Å². The van der Waals surface area contributed by atoms with Crippen molar-refractivity contribution >= 4 is 20.6 Å². The van der Waals surface area contributed by atoms with E-state index in [4.69, 9.17) is 18.0 Å². The Bertz CT molecular complexity index is 263. The summed E-state index contributed by atoms with van der Waals surface area (Å²) in [4.78, 5) is 20.2. The third kappa shape index (κ3) is 11.8. The molecule has 0 heterocycles. The van der Waals surface area contributed by atoms with E-state index in [2.05, 4.69) is 6.58 Å². The average Bonchev–Trinajstić information content (AvgIpc) is 2.39. The van der Waals surface area contributed by atoms with E-state index in [9.17, 15) is 9.59 Å². The molecule has 0 aromatic rings. The second-order valence-corrected chi connectivity index (χ2v) is 6.77. The summed E-state index contributed by atoms with van der Waals surface area (Å²) in [5.74, 6) is -0.255. The molecular formula is C12H24O6Si. The van der Waals surface area contributed by atoms with E-state index in [1.807, 2.05) is 0 Å². The quantitative estimate of drug-likeness (QED) is 0.293. The summed E-state index contributed by atoms with van der Waals surface area (Å²) < 4.78 is 20.4. The highest BCUT2D eigenvalue weighted by molar-refractivity contribution is 6.60. The number of esters is 1. The van der Waals surface area contributed by atoms with Gasteiger partial charge in [0.15, 0.2) is 0 Å². The predicted molar refractivity (Wildman–Crippen MR) is 73.7 cm³/mol. The first-order valence-electron chi connectivity index (χ1n) is 5.79. The van der Waals surface area contributed by atoms with Gasteiger partial charge in [-0.1, -0.05) is 6.58 Å². The first kappa shape index (κ1) is 20.3. The van der Waals surface area contributed by atoms with Crippen molar-refractivity contribution in [1.29, 1.82) is 0 Å². The molecule has 0 saturated heterocycles. The van der Waals surface area contributed by atoms with Crippen LogP contribution in [0.5, 0.6) is 0 Å². The van der Waals surface area contributed by atoms with Crippen molar-refractivity contribution in [3.8, 4) is 0 Å². The molecule has 0 fully saturated rings. The molecule has 0 N–H and O–H groups in total. The fourth-order valence-corrected chi connectivity index (χ4v) is 2.77. The first-order valence-corrected chi connectivity index (χ1v) is 7.72. The van der Waals surface area contributed by atoms with Gasteiger partial charge in [-0.25, -0.2) is 4.79 Å². The minimum atomic E-state index is -2.52. The maximum atomic E-state index is 10.7. The van der Waals surface area contributed by atoms with Crippen molar-refractivity contribution in [1.82, 2.24) is 0 Å². The lowest BCUT2D eigenvalue weighted by Crippen LogP contribution is -2.42. The van der Waals surface area contributed by atoms with E-state index in [0.717, 1.165) is 6.08 Å². The molecule has 0 aliphatic carbocycles. The van der Waals surface area contributed by atoms with Crippen LogP contribution in [-0.2, 0) is 27.6 Å². The third-order valence-electron chi connectivity index (χ3n) is 1.97. The zero-order valence-electron chi connectivity index (χ0n) is 12.4. The number of rotatable bonds is 8. The Hall–Kier alpha value is -1.02. The molecule has 0 rings (SSSR count). The molecule has 0 bridgehead atoms. The van der Waals surface area contributed by atoms with Crippen LogP contribution in [0.15, 0.2) is 12.7 Å². The highest BCUT2D eigenvalue weighted by atomic mass is 28.4. The topological polar surface area (TPSA) is 71.1 Å². The molecule has 0 spiro atoms. The molecule has 0 atom stereocenters. The SMILES string of the molecule is C=CC(=O)OCCC[Si](OC)(OC)OC.CC(C)=O. The number of ether oxygens (including phenoxy) is 1. The fourth-order valence-electron chi connectivity index (χ4n) is 1.08. The summed E-state index contributed by atoms with van der Waals surface area (Å²) in [6, 6.07) is 0.612. The van der Waals surface area contributed by atoms with Crippen LogP contribution in [0.1, 0.15) is 20.3 Å². The van der Waals surface area contributed by atoms with Crippen molar-refractivity contribution in [3.63, 3.8) is 0 Å². The van der Waals surface area contributed by atoms with Gasteiger partial charge in [0.2, 0.25) is 0 Å². The normalized spacial score (nSPS) is 10.2. The van der Waals surface area contributed by atoms with E-state index in [-0.39, 0.29) is 5.78 Å². The summed E-state index contributed by atoms with van der Waals surface area (Å²) >= 11 is 0. The molecule has 0 saturated carbocycles. The largest absolute Gasteiger partial charge is 0.500 e. The minimum Gasteiger partial charge on any atom is -0.463 e. The van der Waals surface area contributed by atoms with Crippen molar-refractivity contribution < 1.29 is 27.6 Å². The highest BCUT2D eigenvalue weighted by Gasteiger charge is 2.36. The van der Waals surface area contributed by atoms with Gasteiger partial charge in [-0.15, -0.1) is 0 Å². The Morgan fingerprint density at radius 3 is 1.84 bits per heavy atom. The summed E-state index contributed by atoms with van der Waals surface area (Å²) in [5, 5.41) is 0. The number of carbonyl (C=O) groups is 2. The molecule has 0 unspecified atom stereocenters. The van der Waals surface area contributed by atoms with E-state index in [0.29, 0.717) is 19.1 Å². The number of carbonyl (C=O) groups excluding carboxylic acids is 2. The summed E-state index contributed by atoms with van der Waals surface area (Å²) in [6.45, 7) is 6.67. The van der Waals surface area contributed by atoms with E-state index in [1.54, 1.807) is 21.3 Å². The second-order valence-electron chi connectivity index (χ2n) is 3.68. The van der Waals surface area contributed by atoms with Gasteiger partial charge in [0.1, 0.15) is 5.78 Å². The average molecular weight is 292 g/mol. The van der Waals surface area contributed by atoms with Gasteiger partial charge in [0.25, 0.3) is 0 Å². The summed E-state index contributed by atoms with van der Waals surface area (Å²) in [5.41, 5.74) is 0. The molecular weight excluding hydrogens is 268 g/mol. The van der Waals surface area contributed by atoms with Gasteiger partial charge in [0, 0.05) is 33.4 Å². The Labute approximate surface area is 116 Å². The van der Waals surface area contributed by atoms with Gasteiger partial charge in [0.05, 0.1) is 6.61 Å². The maximum absolute atomic E-state index is 10.7.